The van der Waals surface area contributed by atoms with Crippen LogP contribution in [0.5, 0.6) is 0 Å². The van der Waals surface area contributed by atoms with Gasteiger partial charge >= 0.3 is 0 Å². The summed E-state index contributed by atoms with van der Waals surface area (Å²) in [6, 6.07) is 0.206. The standard InChI is InChI=1S/C14H29N3O3S/c1-21(18,19)17-7-4-5-12(11-17)9-13(16-15)10-14-6-2-3-8-20-14/h12-14,16H,2-11,15H2,1H3. The lowest BCUT2D eigenvalue weighted by molar-refractivity contribution is 0.00316. The van der Waals surface area contributed by atoms with Gasteiger partial charge < -0.3 is 4.74 Å². The van der Waals surface area contributed by atoms with Crippen LogP contribution in [0.4, 0.5) is 0 Å². The van der Waals surface area contributed by atoms with Gasteiger partial charge in [-0.1, -0.05) is 0 Å². The third-order valence-corrected chi connectivity index (χ3v) is 5.90. The highest BCUT2D eigenvalue weighted by molar-refractivity contribution is 7.88. The number of hydrogen-bond acceptors (Lipinski definition) is 5. The summed E-state index contributed by atoms with van der Waals surface area (Å²) in [5, 5.41) is 0. The van der Waals surface area contributed by atoms with Crippen molar-refractivity contribution >= 4 is 10.0 Å². The van der Waals surface area contributed by atoms with E-state index in [4.69, 9.17) is 10.6 Å². The van der Waals surface area contributed by atoms with Crippen molar-refractivity contribution in [3.63, 3.8) is 0 Å². The van der Waals surface area contributed by atoms with E-state index in [9.17, 15) is 8.42 Å². The van der Waals surface area contributed by atoms with Crippen molar-refractivity contribution < 1.29 is 13.2 Å². The molecule has 0 saturated carbocycles. The van der Waals surface area contributed by atoms with Crippen molar-refractivity contribution in [3.05, 3.63) is 0 Å². The summed E-state index contributed by atoms with van der Waals surface area (Å²) < 4.78 is 30.7. The number of ether oxygens (including phenoxy) is 1. The van der Waals surface area contributed by atoms with Crippen LogP contribution in [0.1, 0.15) is 44.9 Å². The third-order valence-electron chi connectivity index (χ3n) is 4.63. The van der Waals surface area contributed by atoms with Crippen molar-refractivity contribution in [2.24, 2.45) is 11.8 Å². The number of rotatable bonds is 6. The Labute approximate surface area is 128 Å². The molecule has 0 amide bonds. The van der Waals surface area contributed by atoms with E-state index < -0.39 is 10.0 Å². The molecule has 2 rings (SSSR count). The molecule has 124 valence electrons. The Hall–Kier alpha value is -0.210. The Balaban J connectivity index is 1.83. The van der Waals surface area contributed by atoms with Crippen LogP contribution in [0.2, 0.25) is 0 Å². The maximum absolute atomic E-state index is 11.7. The molecular weight excluding hydrogens is 290 g/mol. The van der Waals surface area contributed by atoms with E-state index in [-0.39, 0.29) is 6.04 Å². The van der Waals surface area contributed by atoms with Gasteiger partial charge in [-0.25, -0.2) is 12.7 Å². The lowest BCUT2D eigenvalue weighted by Crippen LogP contribution is -2.44. The van der Waals surface area contributed by atoms with Gasteiger partial charge in [0.05, 0.1) is 12.4 Å². The summed E-state index contributed by atoms with van der Waals surface area (Å²) in [6.07, 6.45) is 8.95. The zero-order valence-electron chi connectivity index (χ0n) is 13.0. The van der Waals surface area contributed by atoms with Crippen LogP contribution in [0, 0.1) is 5.92 Å². The lowest BCUT2D eigenvalue weighted by atomic mass is 9.89. The van der Waals surface area contributed by atoms with E-state index in [2.05, 4.69) is 5.43 Å². The van der Waals surface area contributed by atoms with Crippen LogP contribution in [-0.4, -0.2) is 50.8 Å². The molecular formula is C14H29N3O3S. The Kier molecular flexibility index (Phi) is 6.43. The van der Waals surface area contributed by atoms with Crippen LogP contribution in [0.25, 0.3) is 0 Å². The predicted octanol–water partition coefficient (Wildman–Crippen LogP) is 0.839. The number of nitrogens with zero attached hydrogens (tertiary/aromatic N) is 1. The highest BCUT2D eigenvalue weighted by atomic mass is 32.2. The van der Waals surface area contributed by atoms with Gasteiger partial charge in [0.1, 0.15) is 0 Å². The minimum absolute atomic E-state index is 0.206. The average Bonchev–Trinajstić information content (AvgIpc) is 2.47. The van der Waals surface area contributed by atoms with Gasteiger partial charge in [0, 0.05) is 25.7 Å². The van der Waals surface area contributed by atoms with Crippen LogP contribution in [0.3, 0.4) is 0 Å². The molecule has 3 unspecified atom stereocenters. The molecule has 0 bridgehead atoms. The zero-order valence-corrected chi connectivity index (χ0v) is 13.8. The second kappa shape index (κ2) is 7.87. The number of hydrazine groups is 1. The Morgan fingerprint density at radius 2 is 2.10 bits per heavy atom. The van der Waals surface area contributed by atoms with Gasteiger partial charge in [-0.3, -0.25) is 11.3 Å². The molecule has 0 spiro atoms. The fourth-order valence-electron chi connectivity index (χ4n) is 3.47. The maximum atomic E-state index is 11.7. The van der Waals surface area contributed by atoms with Gasteiger partial charge in [0.15, 0.2) is 0 Å². The molecule has 0 radical (unpaired) electrons. The summed E-state index contributed by atoms with van der Waals surface area (Å²) in [4.78, 5) is 0. The first-order chi connectivity index (χ1) is 9.99. The van der Waals surface area contributed by atoms with E-state index >= 15 is 0 Å². The molecule has 2 aliphatic rings. The first kappa shape index (κ1) is 17.1. The molecule has 7 heteroatoms. The van der Waals surface area contributed by atoms with Gasteiger partial charge in [-0.05, 0) is 50.9 Å². The fraction of sp³-hybridized carbons (Fsp3) is 1.00. The summed E-state index contributed by atoms with van der Waals surface area (Å²) in [5.41, 5.74) is 2.90. The monoisotopic (exact) mass is 319 g/mol. The zero-order chi connectivity index (χ0) is 15.3. The average molecular weight is 319 g/mol. The van der Waals surface area contributed by atoms with E-state index in [1.807, 2.05) is 0 Å². The minimum atomic E-state index is -3.07. The molecule has 3 N–H and O–H groups in total. The highest BCUT2D eigenvalue weighted by Gasteiger charge is 2.28. The van der Waals surface area contributed by atoms with Crippen molar-refractivity contribution in [1.29, 1.82) is 0 Å². The number of nitrogens with one attached hydrogen (secondary N) is 1. The molecule has 6 nitrogen and oxygen atoms in total. The highest BCUT2D eigenvalue weighted by Crippen LogP contribution is 2.25. The first-order valence-corrected chi connectivity index (χ1v) is 9.86. The molecule has 2 aliphatic heterocycles. The first-order valence-electron chi connectivity index (χ1n) is 8.02. The molecule has 2 heterocycles. The molecule has 0 aliphatic carbocycles. The maximum Gasteiger partial charge on any atom is 0.211 e. The minimum Gasteiger partial charge on any atom is -0.378 e. The van der Waals surface area contributed by atoms with Crippen molar-refractivity contribution in [2.75, 3.05) is 26.0 Å². The van der Waals surface area contributed by atoms with Gasteiger partial charge in [0.25, 0.3) is 0 Å². The quantitative estimate of drug-likeness (QED) is 0.560. The van der Waals surface area contributed by atoms with Crippen molar-refractivity contribution in [3.8, 4) is 0 Å². The smallest absolute Gasteiger partial charge is 0.211 e. The second-order valence-corrected chi connectivity index (χ2v) is 8.44. The fourth-order valence-corrected chi connectivity index (χ4v) is 4.41. The molecule has 2 saturated heterocycles. The lowest BCUT2D eigenvalue weighted by Gasteiger charge is -2.34. The number of sulfonamides is 1. The third kappa shape index (κ3) is 5.49. The summed E-state index contributed by atoms with van der Waals surface area (Å²) >= 11 is 0. The van der Waals surface area contributed by atoms with Crippen LogP contribution < -0.4 is 11.3 Å². The van der Waals surface area contributed by atoms with Crippen LogP contribution >= 0.6 is 0 Å². The normalized spacial score (nSPS) is 30.2. The van der Waals surface area contributed by atoms with E-state index in [0.29, 0.717) is 25.1 Å². The van der Waals surface area contributed by atoms with E-state index in [0.717, 1.165) is 45.1 Å². The summed E-state index contributed by atoms with van der Waals surface area (Å²) in [6.45, 7) is 2.14. The Morgan fingerprint density at radius 1 is 1.29 bits per heavy atom. The number of nitrogens with two attached hydrogens (primary N) is 1. The van der Waals surface area contributed by atoms with Crippen LogP contribution in [0.15, 0.2) is 0 Å². The van der Waals surface area contributed by atoms with E-state index in [1.165, 1.54) is 12.7 Å². The van der Waals surface area contributed by atoms with Crippen molar-refractivity contribution in [1.82, 2.24) is 9.73 Å². The summed E-state index contributed by atoms with van der Waals surface area (Å²) in [5.74, 6) is 6.08. The topological polar surface area (TPSA) is 84.7 Å². The SMILES string of the molecule is CS(=O)(=O)N1CCCC(CC(CC2CCCCO2)NN)C1. The summed E-state index contributed by atoms with van der Waals surface area (Å²) in [7, 11) is -3.07. The predicted molar refractivity (Wildman–Crippen MR) is 83.1 cm³/mol. The Morgan fingerprint density at radius 3 is 2.71 bits per heavy atom. The largest absolute Gasteiger partial charge is 0.378 e. The Bertz CT molecular complexity index is 410. The molecule has 0 aromatic carbocycles. The number of hydrogen-bond donors (Lipinski definition) is 2. The molecule has 3 atom stereocenters. The van der Waals surface area contributed by atoms with Crippen LogP contribution in [-0.2, 0) is 14.8 Å². The van der Waals surface area contributed by atoms with Gasteiger partial charge in [-0.2, -0.15) is 0 Å². The number of piperidine rings is 1. The van der Waals surface area contributed by atoms with E-state index in [1.54, 1.807) is 4.31 Å². The van der Waals surface area contributed by atoms with Gasteiger partial charge in [-0.15, -0.1) is 0 Å². The van der Waals surface area contributed by atoms with Crippen molar-refractivity contribution in [2.45, 2.75) is 57.1 Å². The molecule has 21 heavy (non-hydrogen) atoms. The molecule has 0 aromatic heterocycles. The van der Waals surface area contributed by atoms with Gasteiger partial charge in [0.2, 0.25) is 10.0 Å². The molecule has 0 aromatic rings. The second-order valence-electron chi connectivity index (χ2n) is 6.45. The molecule has 2 fully saturated rings.